The first-order valence-electron chi connectivity index (χ1n) is 17.0. The van der Waals surface area contributed by atoms with E-state index in [1.165, 1.54) is 0 Å². The fourth-order valence-corrected chi connectivity index (χ4v) is 5.93. The van der Waals surface area contributed by atoms with Crippen molar-refractivity contribution in [2.24, 2.45) is 0 Å². The first-order valence-corrected chi connectivity index (χ1v) is 17.0. The summed E-state index contributed by atoms with van der Waals surface area (Å²) in [7, 11) is 3.48. The maximum Gasteiger partial charge on any atom is 0.321 e. The van der Waals surface area contributed by atoms with Crippen LogP contribution in [0, 0.1) is 0 Å². The molecule has 276 valence electrons. The predicted octanol–water partition coefficient (Wildman–Crippen LogP) is 3.30. The van der Waals surface area contributed by atoms with Crippen LogP contribution in [0.15, 0.2) is 60.8 Å². The van der Waals surface area contributed by atoms with Gasteiger partial charge in [0.05, 0.1) is 25.1 Å². The number of benzene rings is 1. The summed E-state index contributed by atoms with van der Waals surface area (Å²) < 4.78 is 13.7. The summed E-state index contributed by atoms with van der Waals surface area (Å²) in [4.78, 5) is 50.1. The Hall–Kier alpha value is -5.25. The molecular formula is C37H47N9O6. The number of carbonyl (C=O) groups excluding carboxylic acids is 3. The highest BCUT2D eigenvalue weighted by Gasteiger charge is 2.39. The zero-order valence-corrected chi connectivity index (χ0v) is 30.6. The number of amides is 3. The molecule has 3 amide bonds. The molecule has 1 aliphatic carbocycles. The lowest BCUT2D eigenvalue weighted by molar-refractivity contribution is -0.111. The van der Waals surface area contributed by atoms with Crippen molar-refractivity contribution in [1.82, 2.24) is 40.1 Å². The van der Waals surface area contributed by atoms with E-state index < -0.39 is 34.4 Å². The number of pyridine rings is 1. The topological polar surface area (TPSA) is 185 Å². The number of anilines is 1. The zero-order chi connectivity index (χ0) is 37.7. The summed E-state index contributed by atoms with van der Waals surface area (Å²) in [6.45, 7) is 11.6. The van der Waals surface area contributed by atoms with Crippen LogP contribution < -0.4 is 20.7 Å². The van der Waals surface area contributed by atoms with Crippen LogP contribution in [0.5, 0.6) is 5.75 Å². The molecule has 15 heteroatoms. The van der Waals surface area contributed by atoms with Crippen molar-refractivity contribution in [3.8, 4) is 5.75 Å². The maximum absolute atomic E-state index is 13.6. The molecular weight excluding hydrogens is 666 g/mol. The average molecular weight is 714 g/mol. The lowest BCUT2D eigenvalue weighted by atomic mass is 9.81. The number of nitrogens with one attached hydrogen (secondary N) is 3. The van der Waals surface area contributed by atoms with Gasteiger partial charge in [0.25, 0.3) is 5.91 Å². The molecule has 0 bridgehead atoms. The SMILES string of the molecule is COCC(C)(C)c1nnc2ccc(O[C@@H]3C=C[C@](C=O)(NC(=O)Nc4cc(C(C)(C)C)nc(C(=O)NCCN(C)CCO)n4)c4ccccc43)cn12. The van der Waals surface area contributed by atoms with Crippen LogP contribution in [0.4, 0.5) is 10.6 Å². The Morgan fingerprint density at radius 2 is 1.85 bits per heavy atom. The van der Waals surface area contributed by atoms with E-state index in [1.54, 1.807) is 43.5 Å². The van der Waals surface area contributed by atoms with Crippen molar-refractivity contribution < 1.29 is 29.0 Å². The quantitative estimate of drug-likeness (QED) is 0.111. The van der Waals surface area contributed by atoms with Crippen LogP contribution in [0.25, 0.3) is 5.65 Å². The van der Waals surface area contributed by atoms with E-state index in [9.17, 15) is 14.4 Å². The minimum atomic E-state index is -1.53. The van der Waals surface area contributed by atoms with Gasteiger partial charge in [0.1, 0.15) is 29.0 Å². The number of aromatic nitrogens is 5. The molecule has 52 heavy (non-hydrogen) atoms. The molecule has 0 saturated heterocycles. The smallest absolute Gasteiger partial charge is 0.321 e. The van der Waals surface area contributed by atoms with Gasteiger partial charge in [0, 0.05) is 49.2 Å². The van der Waals surface area contributed by atoms with Gasteiger partial charge in [-0.15, -0.1) is 10.2 Å². The van der Waals surface area contributed by atoms with E-state index in [4.69, 9.17) is 14.6 Å². The van der Waals surface area contributed by atoms with Crippen LogP contribution in [0.1, 0.15) is 74.0 Å². The van der Waals surface area contributed by atoms with Crippen molar-refractivity contribution in [2.75, 3.05) is 52.3 Å². The first-order chi connectivity index (χ1) is 24.7. The third kappa shape index (κ3) is 8.44. The minimum absolute atomic E-state index is 0.0104. The van der Waals surface area contributed by atoms with Gasteiger partial charge in [-0.3, -0.25) is 19.3 Å². The molecule has 0 radical (unpaired) electrons. The number of hydrogen-bond acceptors (Lipinski definition) is 11. The van der Waals surface area contributed by atoms with Crippen molar-refractivity contribution in [1.29, 1.82) is 0 Å². The van der Waals surface area contributed by atoms with Crippen LogP contribution in [-0.4, -0.2) is 99.8 Å². The highest BCUT2D eigenvalue weighted by molar-refractivity contribution is 5.94. The molecule has 15 nitrogen and oxygen atoms in total. The van der Waals surface area contributed by atoms with Crippen molar-refractivity contribution in [3.05, 3.63) is 89.3 Å². The fraction of sp³-hybridized carbons (Fsp3) is 0.432. The van der Waals surface area contributed by atoms with E-state index in [1.807, 2.05) is 75.4 Å². The number of ether oxygens (including phenoxy) is 2. The molecule has 1 aliphatic rings. The van der Waals surface area contributed by atoms with Gasteiger partial charge in [-0.2, -0.15) is 0 Å². The predicted molar refractivity (Wildman–Crippen MR) is 194 cm³/mol. The molecule has 0 saturated carbocycles. The number of fused-ring (bicyclic) bond motifs is 2. The average Bonchev–Trinajstić information content (AvgIpc) is 3.53. The summed E-state index contributed by atoms with van der Waals surface area (Å²) in [5.41, 5.74) is -0.00668. The zero-order valence-electron chi connectivity index (χ0n) is 30.6. The van der Waals surface area contributed by atoms with Gasteiger partial charge in [-0.1, -0.05) is 58.9 Å². The number of carbonyl (C=O) groups is 3. The number of hydrogen-bond donors (Lipinski definition) is 4. The molecule has 0 spiro atoms. The number of aldehydes is 1. The van der Waals surface area contributed by atoms with Crippen molar-refractivity contribution in [2.45, 2.75) is 57.1 Å². The van der Waals surface area contributed by atoms with Crippen LogP contribution >= 0.6 is 0 Å². The maximum atomic E-state index is 13.6. The normalized spacial score (nSPS) is 17.1. The molecule has 0 aliphatic heterocycles. The van der Waals surface area contributed by atoms with Crippen molar-refractivity contribution in [3.63, 3.8) is 0 Å². The molecule has 3 aromatic heterocycles. The second-order valence-electron chi connectivity index (χ2n) is 14.5. The van der Waals surface area contributed by atoms with Gasteiger partial charge in [0.2, 0.25) is 5.82 Å². The molecule has 1 aromatic carbocycles. The van der Waals surface area contributed by atoms with E-state index in [-0.39, 0.29) is 18.2 Å². The van der Waals surface area contributed by atoms with Gasteiger partial charge in [-0.25, -0.2) is 14.8 Å². The second-order valence-corrected chi connectivity index (χ2v) is 14.5. The molecule has 0 fully saturated rings. The Morgan fingerprint density at radius 1 is 1.08 bits per heavy atom. The number of nitrogens with zero attached hydrogens (tertiary/aromatic N) is 6. The van der Waals surface area contributed by atoms with Crippen LogP contribution in [0.2, 0.25) is 0 Å². The highest BCUT2D eigenvalue weighted by Crippen LogP contribution is 2.37. The van der Waals surface area contributed by atoms with Gasteiger partial charge >= 0.3 is 6.03 Å². The fourth-order valence-electron chi connectivity index (χ4n) is 5.93. The van der Waals surface area contributed by atoms with Crippen LogP contribution in [-0.2, 0) is 25.9 Å². The Kier molecular flexibility index (Phi) is 11.4. The molecule has 0 unspecified atom stereocenters. The largest absolute Gasteiger partial charge is 0.480 e. The molecule has 4 aromatic rings. The Bertz CT molecular complexity index is 1950. The number of rotatable bonds is 14. The summed E-state index contributed by atoms with van der Waals surface area (Å²) >= 11 is 0. The van der Waals surface area contributed by atoms with E-state index >= 15 is 0 Å². The Labute approximate surface area is 302 Å². The third-order valence-corrected chi connectivity index (χ3v) is 8.70. The van der Waals surface area contributed by atoms with E-state index in [0.29, 0.717) is 60.7 Å². The molecule has 3 heterocycles. The summed E-state index contributed by atoms with van der Waals surface area (Å²) in [5.74, 6) is 0.737. The lowest BCUT2D eigenvalue weighted by Crippen LogP contribution is -2.49. The van der Waals surface area contributed by atoms with Crippen molar-refractivity contribution >= 4 is 29.7 Å². The number of likely N-dealkylation sites (N-methyl/N-ethyl adjacent to an activating group) is 1. The number of urea groups is 1. The van der Waals surface area contributed by atoms with E-state index in [2.05, 4.69) is 36.1 Å². The standard InChI is InChI=1S/C37H47N9O6/c1-35(2,3)28-20-29(40-31(39-28)32(49)38-16-17-45(6)18-19-47)41-34(50)42-37(22-48)15-14-27(25-10-8-9-11-26(25)37)52-24-12-13-30-43-44-33(46(30)21-24)36(4,5)23-51-7/h8-15,20-22,27,47H,16-19,23H2,1-7H3,(H,38,49)(H2,39,40,41,42,50)/t27-,37-/m1/s1. The molecule has 5 rings (SSSR count). The first kappa shape index (κ1) is 38.0. The Balaban J connectivity index is 1.36. The number of methoxy groups -OCH3 is 1. The summed E-state index contributed by atoms with van der Waals surface area (Å²) in [6.07, 6.45) is 5.23. The van der Waals surface area contributed by atoms with Gasteiger partial charge < -0.3 is 30.1 Å². The monoisotopic (exact) mass is 713 g/mol. The molecule has 2 atom stereocenters. The number of aliphatic hydroxyl groups excluding tert-OH is 1. The second kappa shape index (κ2) is 15.6. The summed E-state index contributed by atoms with van der Waals surface area (Å²) in [6, 6.07) is 11.7. The third-order valence-electron chi connectivity index (χ3n) is 8.70. The number of aliphatic hydroxyl groups is 1. The van der Waals surface area contributed by atoms with Gasteiger partial charge in [-0.05, 0) is 36.9 Å². The van der Waals surface area contributed by atoms with Gasteiger partial charge in [0.15, 0.2) is 11.9 Å². The lowest BCUT2D eigenvalue weighted by Gasteiger charge is -2.34. The van der Waals surface area contributed by atoms with Crippen LogP contribution in [0.3, 0.4) is 0 Å². The Morgan fingerprint density at radius 3 is 2.56 bits per heavy atom. The molecule has 4 N–H and O–H groups in total. The van der Waals surface area contributed by atoms with E-state index in [0.717, 1.165) is 5.82 Å². The minimum Gasteiger partial charge on any atom is -0.480 e. The highest BCUT2D eigenvalue weighted by atomic mass is 16.5. The summed E-state index contributed by atoms with van der Waals surface area (Å²) in [5, 5.41) is 26.1.